The Kier molecular flexibility index (Phi) is 3.77. The van der Waals surface area contributed by atoms with Crippen LogP contribution in [0.2, 0.25) is 5.15 Å². The lowest BCUT2D eigenvalue weighted by atomic mass is 10.1. The molecule has 0 radical (unpaired) electrons. The maximum Gasteiger partial charge on any atom is 0.305 e. The summed E-state index contributed by atoms with van der Waals surface area (Å²) in [4.78, 5) is 10.5. The molecule has 0 aliphatic rings. The quantitative estimate of drug-likeness (QED) is 0.833. The predicted octanol–water partition coefficient (Wildman–Crippen LogP) is 2.20. The lowest BCUT2D eigenvalue weighted by molar-refractivity contribution is -0.137. The first-order chi connectivity index (χ1) is 6.91. The second kappa shape index (κ2) is 4.68. The van der Waals surface area contributed by atoms with Crippen LogP contribution in [0.4, 0.5) is 0 Å². The molecule has 1 aromatic rings. The summed E-state index contributed by atoms with van der Waals surface area (Å²) >= 11 is 5.98. The highest BCUT2D eigenvalue weighted by molar-refractivity contribution is 6.29. The van der Waals surface area contributed by atoms with Crippen LogP contribution in [0.25, 0.3) is 0 Å². The highest BCUT2D eigenvalue weighted by atomic mass is 35.5. The smallest absolute Gasteiger partial charge is 0.305 e. The van der Waals surface area contributed by atoms with Crippen LogP contribution in [0.1, 0.15) is 37.9 Å². The van der Waals surface area contributed by atoms with Gasteiger partial charge in [-0.2, -0.15) is 0 Å². The van der Waals surface area contributed by atoms with Crippen LogP contribution in [0, 0.1) is 0 Å². The molecular formula is C10H15ClN2O2. The van der Waals surface area contributed by atoms with Gasteiger partial charge in [0.15, 0.2) is 0 Å². The average Bonchev–Trinajstić information content (AvgIpc) is 2.46. The zero-order valence-electron chi connectivity index (χ0n) is 8.77. The van der Waals surface area contributed by atoms with Gasteiger partial charge in [-0.15, -0.1) is 0 Å². The van der Waals surface area contributed by atoms with Gasteiger partial charge >= 0.3 is 5.97 Å². The van der Waals surface area contributed by atoms with Gasteiger partial charge in [0.25, 0.3) is 0 Å². The van der Waals surface area contributed by atoms with Gasteiger partial charge in [-0.05, 0) is 25.5 Å². The molecule has 0 amide bonds. The van der Waals surface area contributed by atoms with E-state index in [-0.39, 0.29) is 12.5 Å². The van der Waals surface area contributed by atoms with Crippen LogP contribution < -0.4 is 5.73 Å². The fourth-order valence-electron chi connectivity index (χ4n) is 1.38. The number of rotatable bonds is 4. The minimum absolute atomic E-state index is 0.0849. The minimum atomic E-state index is -0.907. The van der Waals surface area contributed by atoms with Crippen molar-refractivity contribution in [3.8, 4) is 0 Å². The van der Waals surface area contributed by atoms with Gasteiger partial charge < -0.3 is 15.4 Å². The molecule has 1 heterocycles. The summed E-state index contributed by atoms with van der Waals surface area (Å²) in [5.74, 6) is -0.907. The third kappa shape index (κ3) is 2.97. The van der Waals surface area contributed by atoms with E-state index in [2.05, 4.69) is 0 Å². The molecule has 3 N–H and O–H groups in total. The fraction of sp³-hybridized carbons (Fsp3) is 0.500. The van der Waals surface area contributed by atoms with Crippen molar-refractivity contribution in [1.29, 1.82) is 0 Å². The molecule has 0 fully saturated rings. The van der Waals surface area contributed by atoms with Gasteiger partial charge in [-0.1, -0.05) is 11.6 Å². The van der Waals surface area contributed by atoms with Crippen LogP contribution in [0.5, 0.6) is 0 Å². The van der Waals surface area contributed by atoms with E-state index < -0.39 is 12.0 Å². The summed E-state index contributed by atoms with van der Waals surface area (Å²) in [5.41, 5.74) is 6.49. The number of hydrogen-bond donors (Lipinski definition) is 2. The largest absolute Gasteiger partial charge is 0.481 e. The van der Waals surface area contributed by atoms with Crippen molar-refractivity contribution >= 4 is 17.6 Å². The standard InChI is InChI=1S/C10H15ClN2O2/c1-6(2)13-5-7(3-9(13)11)8(12)4-10(14)15/h3,5-6,8H,4,12H2,1-2H3,(H,14,15). The first kappa shape index (κ1) is 12.1. The number of carboxylic acids is 1. The molecule has 0 saturated heterocycles. The van der Waals surface area contributed by atoms with Crippen molar-refractivity contribution < 1.29 is 9.90 Å². The molecule has 0 aliphatic carbocycles. The Labute approximate surface area is 93.6 Å². The maximum absolute atomic E-state index is 10.5. The van der Waals surface area contributed by atoms with Crippen molar-refractivity contribution in [2.24, 2.45) is 5.73 Å². The van der Waals surface area contributed by atoms with Gasteiger partial charge in [0, 0.05) is 18.3 Å². The van der Waals surface area contributed by atoms with Gasteiger partial charge in [-0.3, -0.25) is 4.79 Å². The van der Waals surface area contributed by atoms with E-state index in [1.807, 2.05) is 18.4 Å². The number of aromatic nitrogens is 1. The van der Waals surface area contributed by atoms with Crippen molar-refractivity contribution in [1.82, 2.24) is 4.57 Å². The van der Waals surface area contributed by atoms with E-state index in [1.54, 1.807) is 12.3 Å². The highest BCUT2D eigenvalue weighted by Crippen LogP contribution is 2.24. The van der Waals surface area contributed by atoms with Crippen LogP contribution in [0.3, 0.4) is 0 Å². The molecular weight excluding hydrogens is 216 g/mol. The van der Waals surface area contributed by atoms with Crippen LogP contribution in [-0.2, 0) is 4.79 Å². The second-order valence-corrected chi connectivity index (χ2v) is 4.19. The minimum Gasteiger partial charge on any atom is -0.481 e. The molecule has 0 aliphatic heterocycles. The summed E-state index contributed by atoms with van der Waals surface area (Å²) in [6.45, 7) is 4.00. The van der Waals surface area contributed by atoms with Crippen molar-refractivity contribution in [3.63, 3.8) is 0 Å². The Morgan fingerprint density at radius 1 is 1.67 bits per heavy atom. The predicted molar refractivity (Wildman–Crippen MR) is 59.0 cm³/mol. The third-order valence-corrected chi connectivity index (χ3v) is 2.50. The van der Waals surface area contributed by atoms with E-state index >= 15 is 0 Å². The van der Waals surface area contributed by atoms with Gasteiger partial charge in [0.05, 0.1) is 6.42 Å². The zero-order valence-corrected chi connectivity index (χ0v) is 9.53. The Bertz CT molecular complexity index is 360. The molecule has 0 spiro atoms. The molecule has 1 aromatic heterocycles. The van der Waals surface area contributed by atoms with E-state index in [0.29, 0.717) is 5.15 Å². The molecule has 4 nitrogen and oxygen atoms in total. The molecule has 84 valence electrons. The highest BCUT2D eigenvalue weighted by Gasteiger charge is 2.14. The molecule has 15 heavy (non-hydrogen) atoms. The van der Waals surface area contributed by atoms with Crippen molar-refractivity contribution in [2.75, 3.05) is 0 Å². The van der Waals surface area contributed by atoms with E-state index in [9.17, 15) is 4.79 Å². The number of aliphatic carboxylic acids is 1. The number of nitrogens with two attached hydrogens (primary N) is 1. The van der Waals surface area contributed by atoms with Crippen LogP contribution in [-0.4, -0.2) is 15.6 Å². The Morgan fingerprint density at radius 3 is 2.67 bits per heavy atom. The first-order valence-corrected chi connectivity index (χ1v) is 5.14. The summed E-state index contributed by atoms with van der Waals surface area (Å²) in [5, 5.41) is 9.19. The SMILES string of the molecule is CC(C)n1cc(C(N)CC(=O)O)cc1Cl. The summed E-state index contributed by atoms with van der Waals surface area (Å²) in [6, 6.07) is 1.46. The lowest BCUT2D eigenvalue weighted by Crippen LogP contribution is -2.14. The van der Waals surface area contributed by atoms with Gasteiger partial charge in [0.2, 0.25) is 0 Å². The summed E-state index contributed by atoms with van der Waals surface area (Å²) in [6.07, 6.45) is 1.72. The van der Waals surface area contributed by atoms with E-state index in [0.717, 1.165) is 5.56 Å². The van der Waals surface area contributed by atoms with Crippen LogP contribution in [0.15, 0.2) is 12.3 Å². The van der Waals surface area contributed by atoms with E-state index in [4.69, 9.17) is 22.4 Å². The zero-order chi connectivity index (χ0) is 11.6. The molecule has 0 aromatic carbocycles. The average molecular weight is 231 g/mol. The Balaban J connectivity index is 2.87. The number of carbonyl (C=O) groups is 1. The van der Waals surface area contributed by atoms with E-state index in [1.165, 1.54) is 0 Å². The Morgan fingerprint density at radius 2 is 2.27 bits per heavy atom. The molecule has 1 unspecified atom stereocenters. The number of nitrogens with zero attached hydrogens (tertiary/aromatic N) is 1. The maximum atomic E-state index is 10.5. The van der Waals surface area contributed by atoms with Crippen molar-refractivity contribution in [2.45, 2.75) is 32.4 Å². The topological polar surface area (TPSA) is 68.2 Å². The number of carboxylic acid groups (broad SMARTS) is 1. The molecule has 5 heteroatoms. The van der Waals surface area contributed by atoms with Crippen molar-refractivity contribution in [3.05, 3.63) is 23.0 Å². The monoisotopic (exact) mass is 230 g/mol. The number of halogens is 1. The fourth-order valence-corrected chi connectivity index (χ4v) is 1.75. The molecule has 0 bridgehead atoms. The first-order valence-electron chi connectivity index (χ1n) is 4.76. The normalized spacial score (nSPS) is 13.1. The molecule has 1 rings (SSSR count). The summed E-state index contributed by atoms with van der Waals surface area (Å²) < 4.78 is 1.86. The molecule has 1 atom stereocenters. The summed E-state index contributed by atoms with van der Waals surface area (Å²) in [7, 11) is 0. The number of hydrogen-bond acceptors (Lipinski definition) is 2. The van der Waals surface area contributed by atoms with Gasteiger partial charge in [-0.25, -0.2) is 0 Å². The molecule has 0 saturated carbocycles. The van der Waals surface area contributed by atoms with Gasteiger partial charge in [0.1, 0.15) is 5.15 Å². The van der Waals surface area contributed by atoms with Crippen LogP contribution >= 0.6 is 11.6 Å². The third-order valence-electron chi connectivity index (χ3n) is 2.20. The Hall–Kier alpha value is -1.00. The lowest BCUT2D eigenvalue weighted by Gasteiger charge is -2.09. The second-order valence-electron chi connectivity index (χ2n) is 3.80.